The van der Waals surface area contributed by atoms with E-state index in [9.17, 15) is 0 Å². The lowest BCUT2D eigenvalue weighted by molar-refractivity contribution is 0.687. The number of benzene rings is 1. The zero-order valence-corrected chi connectivity index (χ0v) is 12.1. The van der Waals surface area contributed by atoms with Crippen molar-refractivity contribution in [3.05, 3.63) is 28.2 Å². The molecule has 0 atom stereocenters. The Morgan fingerprint density at radius 2 is 2.24 bits per heavy atom. The zero-order chi connectivity index (χ0) is 12.3. The summed E-state index contributed by atoms with van der Waals surface area (Å²) < 4.78 is 1.02. The Bertz CT molecular complexity index is 416. The second-order valence-electron chi connectivity index (χ2n) is 4.57. The molecule has 0 radical (unpaired) electrons. The van der Waals surface area contributed by atoms with Gasteiger partial charge in [-0.05, 0) is 52.9 Å². The summed E-state index contributed by atoms with van der Waals surface area (Å²) in [6.45, 7) is 1.03. The van der Waals surface area contributed by atoms with Gasteiger partial charge in [0, 0.05) is 22.3 Å². The Hall–Kier alpha value is -0.610. The number of hydrogen-bond donors (Lipinski definition) is 2. The molecule has 4 heteroatoms. The van der Waals surface area contributed by atoms with Crippen molar-refractivity contribution in [3.8, 4) is 0 Å². The van der Waals surface area contributed by atoms with Crippen LogP contribution in [0.25, 0.3) is 0 Å². The third-order valence-electron chi connectivity index (χ3n) is 3.06. The molecule has 1 saturated carbocycles. The average Bonchev–Trinajstić information content (AvgIpc) is 3.09. The van der Waals surface area contributed by atoms with E-state index in [2.05, 4.69) is 21.2 Å². The first-order valence-corrected chi connectivity index (χ1v) is 7.20. The van der Waals surface area contributed by atoms with E-state index in [0.29, 0.717) is 4.99 Å². The van der Waals surface area contributed by atoms with Gasteiger partial charge in [0.25, 0.3) is 0 Å². The van der Waals surface area contributed by atoms with E-state index >= 15 is 0 Å². The minimum absolute atomic E-state index is 0.436. The molecule has 0 spiro atoms. The van der Waals surface area contributed by atoms with Crippen molar-refractivity contribution in [1.29, 1.82) is 0 Å². The second-order valence-corrected chi connectivity index (χ2v) is 5.87. The average molecular weight is 313 g/mol. The zero-order valence-electron chi connectivity index (χ0n) is 9.71. The summed E-state index contributed by atoms with van der Waals surface area (Å²) in [7, 11) is 0. The van der Waals surface area contributed by atoms with E-state index in [1.165, 1.54) is 25.7 Å². The highest BCUT2D eigenvalue weighted by Gasteiger charge is 2.19. The van der Waals surface area contributed by atoms with E-state index in [-0.39, 0.29) is 0 Å². The van der Waals surface area contributed by atoms with Crippen LogP contribution in [0.3, 0.4) is 0 Å². The van der Waals surface area contributed by atoms with Crippen LogP contribution in [-0.2, 0) is 0 Å². The molecule has 0 unspecified atom stereocenters. The highest BCUT2D eigenvalue weighted by Crippen LogP contribution is 2.33. The minimum Gasteiger partial charge on any atom is -0.389 e. The molecule has 0 amide bonds. The summed E-state index contributed by atoms with van der Waals surface area (Å²) in [5.74, 6) is 1.01. The summed E-state index contributed by atoms with van der Waals surface area (Å²) >= 11 is 8.47. The van der Waals surface area contributed by atoms with Gasteiger partial charge in [0.2, 0.25) is 0 Å². The van der Waals surface area contributed by atoms with Crippen molar-refractivity contribution in [3.63, 3.8) is 0 Å². The molecule has 0 aromatic heterocycles. The minimum atomic E-state index is 0.436. The van der Waals surface area contributed by atoms with E-state index in [4.69, 9.17) is 18.0 Å². The lowest BCUT2D eigenvalue weighted by Gasteiger charge is -2.09. The Morgan fingerprint density at radius 1 is 1.47 bits per heavy atom. The highest BCUT2D eigenvalue weighted by molar-refractivity contribution is 9.10. The van der Waals surface area contributed by atoms with Crippen molar-refractivity contribution < 1.29 is 0 Å². The van der Waals surface area contributed by atoms with Gasteiger partial charge in [0.05, 0.1) is 0 Å². The van der Waals surface area contributed by atoms with E-state index in [1.54, 1.807) is 0 Å². The molecular formula is C13H17BrN2S. The molecule has 2 rings (SSSR count). The highest BCUT2D eigenvalue weighted by atomic mass is 79.9. The van der Waals surface area contributed by atoms with Crippen LogP contribution in [0, 0.1) is 5.92 Å². The molecule has 92 valence electrons. The second kappa shape index (κ2) is 5.83. The maximum absolute atomic E-state index is 5.58. The van der Waals surface area contributed by atoms with Gasteiger partial charge < -0.3 is 11.1 Å². The van der Waals surface area contributed by atoms with Crippen molar-refractivity contribution >= 4 is 38.8 Å². The number of halogens is 1. The molecule has 1 fully saturated rings. The van der Waals surface area contributed by atoms with Gasteiger partial charge in [0.1, 0.15) is 4.99 Å². The molecule has 3 N–H and O–H groups in total. The first-order valence-electron chi connectivity index (χ1n) is 6.00. The molecule has 17 heavy (non-hydrogen) atoms. The van der Waals surface area contributed by atoms with Gasteiger partial charge in [-0.15, -0.1) is 0 Å². The summed E-state index contributed by atoms with van der Waals surface area (Å²) in [4.78, 5) is 0.436. The maximum Gasteiger partial charge on any atom is 0.104 e. The van der Waals surface area contributed by atoms with Crippen LogP contribution in [0.1, 0.15) is 31.2 Å². The van der Waals surface area contributed by atoms with Gasteiger partial charge in [-0.1, -0.05) is 25.1 Å². The van der Waals surface area contributed by atoms with Crippen LogP contribution in [-0.4, -0.2) is 11.5 Å². The van der Waals surface area contributed by atoms with E-state index in [1.807, 2.05) is 18.2 Å². The van der Waals surface area contributed by atoms with Gasteiger partial charge >= 0.3 is 0 Å². The lowest BCUT2D eigenvalue weighted by Crippen LogP contribution is -2.10. The third kappa shape index (κ3) is 3.96. The molecule has 0 heterocycles. The van der Waals surface area contributed by atoms with Crippen LogP contribution >= 0.6 is 28.1 Å². The monoisotopic (exact) mass is 312 g/mol. The molecule has 0 aliphatic heterocycles. The SMILES string of the molecule is NC(=S)c1ccc(NCCCC2CC2)c(Br)c1. The van der Waals surface area contributed by atoms with Crippen molar-refractivity contribution in [2.24, 2.45) is 11.7 Å². The Labute approximate surface area is 116 Å². The number of thiocarbonyl (C=S) groups is 1. The number of rotatable bonds is 6. The smallest absolute Gasteiger partial charge is 0.104 e. The Morgan fingerprint density at radius 3 is 2.82 bits per heavy atom. The number of nitrogens with one attached hydrogen (secondary N) is 1. The predicted octanol–water partition coefficient (Wildman–Crippen LogP) is 3.69. The molecular weight excluding hydrogens is 296 g/mol. The van der Waals surface area contributed by atoms with Crippen molar-refractivity contribution in [1.82, 2.24) is 0 Å². The first-order chi connectivity index (χ1) is 8.16. The lowest BCUT2D eigenvalue weighted by atomic mass is 10.2. The predicted molar refractivity (Wildman–Crippen MR) is 80.5 cm³/mol. The largest absolute Gasteiger partial charge is 0.389 e. The Kier molecular flexibility index (Phi) is 4.40. The standard InChI is InChI=1S/C13H17BrN2S/c14-11-8-10(13(15)17)5-6-12(11)16-7-1-2-9-3-4-9/h5-6,8-9,16H,1-4,7H2,(H2,15,17). The van der Waals surface area contributed by atoms with Crippen LogP contribution in [0.2, 0.25) is 0 Å². The van der Waals surface area contributed by atoms with Crippen molar-refractivity contribution in [2.75, 3.05) is 11.9 Å². The number of nitrogens with two attached hydrogens (primary N) is 1. The summed E-state index contributed by atoms with van der Waals surface area (Å²) in [6, 6.07) is 5.94. The summed E-state index contributed by atoms with van der Waals surface area (Å²) in [6.07, 6.45) is 5.47. The molecule has 1 aromatic carbocycles. The number of anilines is 1. The fourth-order valence-electron chi connectivity index (χ4n) is 1.83. The van der Waals surface area contributed by atoms with Gasteiger partial charge in [0.15, 0.2) is 0 Å². The quantitative estimate of drug-likeness (QED) is 0.621. The normalized spacial score (nSPS) is 14.6. The molecule has 2 nitrogen and oxygen atoms in total. The van der Waals surface area contributed by atoms with E-state index in [0.717, 1.165) is 28.2 Å². The van der Waals surface area contributed by atoms with Crippen LogP contribution in [0.4, 0.5) is 5.69 Å². The Balaban J connectivity index is 1.84. The molecule has 1 aromatic rings. The fourth-order valence-corrected chi connectivity index (χ4v) is 2.48. The van der Waals surface area contributed by atoms with E-state index < -0.39 is 0 Å². The van der Waals surface area contributed by atoms with Crippen LogP contribution in [0.15, 0.2) is 22.7 Å². The van der Waals surface area contributed by atoms with Gasteiger partial charge in [-0.2, -0.15) is 0 Å². The van der Waals surface area contributed by atoms with Crippen molar-refractivity contribution in [2.45, 2.75) is 25.7 Å². The molecule has 1 aliphatic carbocycles. The molecule has 1 aliphatic rings. The number of hydrogen-bond acceptors (Lipinski definition) is 2. The van der Waals surface area contributed by atoms with Gasteiger partial charge in [-0.3, -0.25) is 0 Å². The summed E-state index contributed by atoms with van der Waals surface area (Å²) in [5.41, 5.74) is 7.60. The van der Waals surface area contributed by atoms with Crippen LogP contribution in [0.5, 0.6) is 0 Å². The third-order valence-corrected chi connectivity index (χ3v) is 3.95. The molecule has 0 saturated heterocycles. The first kappa shape index (κ1) is 12.8. The topological polar surface area (TPSA) is 38.0 Å². The van der Waals surface area contributed by atoms with Gasteiger partial charge in [-0.25, -0.2) is 0 Å². The maximum atomic E-state index is 5.58. The fraction of sp³-hybridized carbons (Fsp3) is 0.462. The molecule has 0 bridgehead atoms. The van der Waals surface area contributed by atoms with Crippen LogP contribution < -0.4 is 11.1 Å². The summed E-state index contributed by atoms with van der Waals surface area (Å²) in [5, 5.41) is 3.43.